The van der Waals surface area contributed by atoms with Crippen LogP contribution in [0.5, 0.6) is 0 Å². The molecule has 0 aromatic heterocycles. The highest BCUT2D eigenvalue weighted by Crippen LogP contribution is 2.18. The van der Waals surface area contributed by atoms with E-state index in [4.69, 9.17) is 5.73 Å². The van der Waals surface area contributed by atoms with Gasteiger partial charge in [-0.25, -0.2) is 0 Å². The summed E-state index contributed by atoms with van der Waals surface area (Å²) in [6.45, 7) is 5.66. The molecule has 0 aliphatic carbocycles. The van der Waals surface area contributed by atoms with Gasteiger partial charge in [-0.1, -0.05) is 37.3 Å². The predicted octanol–water partition coefficient (Wildman–Crippen LogP) is 1.82. The number of hydrogen-bond acceptors (Lipinski definition) is 2. The summed E-state index contributed by atoms with van der Waals surface area (Å²) in [4.78, 5) is 2.47. The fraction of sp³-hybridized carbons (Fsp3) is 0.538. The van der Waals surface area contributed by atoms with Gasteiger partial charge in [0, 0.05) is 19.1 Å². The molecule has 2 rings (SSSR count). The quantitative estimate of drug-likeness (QED) is 0.814. The van der Waals surface area contributed by atoms with Crippen LogP contribution in [0.2, 0.25) is 0 Å². The molecule has 1 fully saturated rings. The lowest BCUT2D eigenvalue weighted by Crippen LogP contribution is -2.29. The highest BCUT2D eigenvalue weighted by molar-refractivity contribution is 5.19. The van der Waals surface area contributed by atoms with Gasteiger partial charge < -0.3 is 10.6 Å². The molecule has 0 bridgehead atoms. The zero-order chi connectivity index (χ0) is 10.7. The van der Waals surface area contributed by atoms with E-state index in [1.807, 2.05) is 0 Å². The van der Waals surface area contributed by atoms with Crippen LogP contribution in [0.15, 0.2) is 30.3 Å². The molecular formula is C13H20N2. The van der Waals surface area contributed by atoms with E-state index in [1.54, 1.807) is 0 Å². The molecule has 1 saturated heterocycles. The van der Waals surface area contributed by atoms with E-state index < -0.39 is 0 Å². The zero-order valence-electron chi connectivity index (χ0n) is 9.39. The van der Waals surface area contributed by atoms with Crippen molar-refractivity contribution in [3.05, 3.63) is 35.9 Å². The standard InChI is InChI=1S/C13H20N2/c1-11(12-5-3-2-4-6-12)9-15-8-7-13(14)10-15/h2-6,11,13H,7-10,14H2,1H3/t11-,13+/m1/s1. The van der Waals surface area contributed by atoms with Crippen LogP contribution >= 0.6 is 0 Å². The van der Waals surface area contributed by atoms with Gasteiger partial charge in [0.1, 0.15) is 0 Å². The van der Waals surface area contributed by atoms with Crippen LogP contribution in [0.1, 0.15) is 24.8 Å². The van der Waals surface area contributed by atoms with Gasteiger partial charge >= 0.3 is 0 Å². The normalized spacial score (nSPS) is 24.3. The zero-order valence-corrected chi connectivity index (χ0v) is 9.39. The second-order valence-electron chi connectivity index (χ2n) is 4.62. The topological polar surface area (TPSA) is 29.3 Å². The summed E-state index contributed by atoms with van der Waals surface area (Å²) in [6, 6.07) is 11.1. The Labute approximate surface area is 92.1 Å². The van der Waals surface area contributed by atoms with Crippen molar-refractivity contribution < 1.29 is 0 Å². The van der Waals surface area contributed by atoms with Crippen LogP contribution in [0, 0.1) is 0 Å². The molecule has 1 aromatic carbocycles. The SMILES string of the molecule is C[C@H](CN1CC[C@H](N)C1)c1ccccc1. The maximum absolute atomic E-state index is 5.90. The van der Waals surface area contributed by atoms with Gasteiger partial charge in [0.15, 0.2) is 0 Å². The van der Waals surface area contributed by atoms with Crippen molar-refractivity contribution in [1.29, 1.82) is 0 Å². The van der Waals surface area contributed by atoms with Crippen molar-refractivity contribution in [2.75, 3.05) is 19.6 Å². The molecule has 0 radical (unpaired) electrons. The molecule has 0 unspecified atom stereocenters. The first kappa shape index (κ1) is 10.7. The number of hydrogen-bond donors (Lipinski definition) is 1. The molecule has 0 spiro atoms. The van der Waals surface area contributed by atoms with E-state index in [2.05, 4.69) is 42.2 Å². The first-order chi connectivity index (χ1) is 7.25. The summed E-state index contributed by atoms with van der Waals surface area (Å²) in [6.07, 6.45) is 1.15. The van der Waals surface area contributed by atoms with Crippen LogP contribution in [0.4, 0.5) is 0 Å². The minimum absolute atomic E-state index is 0.396. The molecule has 2 N–H and O–H groups in total. The van der Waals surface area contributed by atoms with E-state index in [9.17, 15) is 0 Å². The predicted molar refractivity (Wildman–Crippen MR) is 63.9 cm³/mol. The second-order valence-corrected chi connectivity index (χ2v) is 4.62. The van der Waals surface area contributed by atoms with E-state index in [0.29, 0.717) is 12.0 Å². The number of rotatable bonds is 3. The largest absolute Gasteiger partial charge is 0.326 e. The van der Waals surface area contributed by atoms with Gasteiger partial charge in [0.2, 0.25) is 0 Å². The fourth-order valence-electron chi connectivity index (χ4n) is 2.30. The second kappa shape index (κ2) is 4.77. The molecule has 1 aliphatic heterocycles. The third kappa shape index (κ3) is 2.80. The summed E-state index contributed by atoms with van der Waals surface area (Å²) < 4.78 is 0. The van der Waals surface area contributed by atoms with E-state index >= 15 is 0 Å². The molecule has 2 nitrogen and oxygen atoms in total. The molecule has 2 atom stereocenters. The first-order valence-electron chi connectivity index (χ1n) is 5.78. The molecule has 15 heavy (non-hydrogen) atoms. The monoisotopic (exact) mass is 204 g/mol. The van der Waals surface area contributed by atoms with Crippen molar-refractivity contribution >= 4 is 0 Å². The highest BCUT2D eigenvalue weighted by atomic mass is 15.2. The van der Waals surface area contributed by atoms with E-state index in [1.165, 1.54) is 12.1 Å². The van der Waals surface area contributed by atoms with Crippen LogP contribution in [-0.4, -0.2) is 30.6 Å². The number of likely N-dealkylation sites (tertiary alicyclic amines) is 1. The molecule has 1 heterocycles. The average molecular weight is 204 g/mol. The van der Waals surface area contributed by atoms with Crippen molar-refractivity contribution in [1.82, 2.24) is 4.90 Å². The van der Waals surface area contributed by atoms with Crippen LogP contribution in [0.25, 0.3) is 0 Å². The summed E-state index contributed by atoms with van der Waals surface area (Å²) >= 11 is 0. The Kier molecular flexibility index (Phi) is 3.39. The lowest BCUT2D eigenvalue weighted by Gasteiger charge is -2.20. The minimum Gasteiger partial charge on any atom is -0.326 e. The van der Waals surface area contributed by atoms with E-state index in [0.717, 1.165) is 19.5 Å². The van der Waals surface area contributed by atoms with Gasteiger partial charge in [-0.15, -0.1) is 0 Å². The fourth-order valence-corrected chi connectivity index (χ4v) is 2.30. The van der Waals surface area contributed by atoms with Gasteiger partial charge in [-0.2, -0.15) is 0 Å². The first-order valence-corrected chi connectivity index (χ1v) is 5.78. The Balaban J connectivity index is 1.90. The van der Waals surface area contributed by atoms with Gasteiger partial charge in [0.25, 0.3) is 0 Å². The van der Waals surface area contributed by atoms with Crippen molar-refractivity contribution in [3.63, 3.8) is 0 Å². The molecule has 0 amide bonds. The van der Waals surface area contributed by atoms with E-state index in [-0.39, 0.29) is 0 Å². The lowest BCUT2D eigenvalue weighted by molar-refractivity contribution is 0.317. The Bertz CT molecular complexity index is 297. The maximum atomic E-state index is 5.90. The number of benzene rings is 1. The van der Waals surface area contributed by atoms with Crippen molar-refractivity contribution in [3.8, 4) is 0 Å². The smallest absolute Gasteiger partial charge is 0.0180 e. The van der Waals surface area contributed by atoms with Crippen LogP contribution < -0.4 is 5.73 Å². The van der Waals surface area contributed by atoms with Crippen molar-refractivity contribution in [2.24, 2.45) is 5.73 Å². The third-order valence-electron chi connectivity index (χ3n) is 3.21. The Hall–Kier alpha value is -0.860. The molecule has 0 saturated carbocycles. The number of nitrogens with zero attached hydrogens (tertiary/aromatic N) is 1. The van der Waals surface area contributed by atoms with Gasteiger partial charge in [-0.3, -0.25) is 0 Å². The van der Waals surface area contributed by atoms with Gasteiger partial charge in [0.05, 0.1) is 0 Å². The Morgan fingerprint density at radius 1 is 1.40 bits per heavy atom. The summed E-state index contributed by atoms with van der Waals surface area (Å²) in [5.41, 5.74) is 7.33. The third-order valence-corrected chi connectivity index (χ3v) is 3.21. The number of nitrogens with two attached hydrogens (primary N) is 1. The Morgan fingerprint density at radius 2 is 2.13 bits per heavy atom. The highest BCUT2D eigenvalue weighted by Gasteiger charge is 2.20. The molecule has 1 aromatic rings. The van der Waals surface area contributed by atoms with Crippen LogP contribution in [-0.2, 0) is 0 Å². The molecule has 2 heteroatoms. The molecule has 82 valence electrons. The average Bonchev–Trinajstić information content (AvgIpc) is 2.65. The van der Waals surface area contributed by atoms with Crippen LogP contribution in [0.3, 0.4) is 0 Å². The van der Waals surface area contributed by atoms with Gasteiger partial charge in [-0.05, 0) is 24.4 Å². The lowest BCUT2D eigenvalue weighted by atomic mass is 10.0. The molecular weight excluding hydrogens is 184 g/mol. The Morgan fingerprint density at radius 3 is 2.73 bits per heavy atom. The summed E-state index contributed by atoms with van der Waals surface area (Å²) in [5, 5.41) is 0. The maximum Gasteiger partial charge on any atom is 0.0180 e. The minimum atomic E-state index is 0.396. The molecule has 1 aliphatic rings. The van der Waals surface area contributed by atoms with Crippen molar-refractivity contribution in [2.45, 2.75) is 25.3 Å². The summed E-state index contributed by atoms with van der Waals surface area (Å²) in [7, 11) is 0. The summed E-state index contributed by atoms with van der Waals surface area (Å²) in [5.74, 6) is 0.608.